The Balaban J connectivity index is 1.88. The van der Waals surface area contributed by atoms with Crippen molar-refractivity contribution >= 4 is 11.9 Å². The normalized spacial score (nSPS) is 10.3. The van der Waals surface area contributed by atoms with Crippen molar-refractivity contribution in [2.45, 2.75) is 32.6 Å². The third-order valence-corrected chi connectivity index (χ3v) is 3.66. The second kappa shape index (κ2) is 9.47. The molecule has 0 radical (unpaired) electrons. The first-order chi connectivity index (χ1) is 12.1. The van der Waals surface area contributed by atoms with E-state index in [1.807, 2.05) is 0 Å². The number of hydrogen-bond donors (Lipinski definition) is 1. The van der Waals surface area contributed by atoms with E-state index in [9.17, 15) is 14.7 Å². The summed E-state index contributed by atoms with van der Waals surface area (Å²) in [5.74, 6) is -0.914. The number of unbranched alkanes of at least 4 members (excludes halogenated alkanes) is 3. The Morgan fingerprint density at radius 2 is 1.64 bits per heavy atom. The van der Waals surface area contributed by atoms with Crippen LogP contribution >= 0.6 is 0 Å². The highest BCUT2D eigenvalue weighted by Gasteiger charge is 2.13. The molecule has 0 aromatic heterocycles. The summed E-state index contributed by atoms with van der Waals surface area (Å²) in [6.07, 6.45) is 4.17. The summed E-state index contributed by atoms with van der Waals surface area (Å²) in [5, 5.41) is 9.65. The smallest absolute Gasteiger partial charge is 0.347 e. The van der Waals surface area contributed by atoms with Crippen LogP contribution in [-0.2, 0) is 4.74 Å². The molecule has 0 aliphatic rings. The van der Waals surface area contributed by atoms with Gasteiger partial charge < -0.3 is 14.6 Å². The van der Waals surface area contributed by atoms with Gasteiger partial charge >= 0.3 is 11.9 Å². The molecule has 0 atom stereocenters. The summed E-state index contributed by atoms with van der Waals surface area (Å²) in [6, 6.07) is 12.3. The van der Waals surface area contributed by atoms with Crippen LogP contribution in [0.15, 0.2) is 48.5 Å². The number of hydrogen-bond acceptors (Lipinski definition) is 5. The number of para-hydroxylation sites is 1. The molecular formula is C20H22O5. The molecule has 25 heavy (non-hydrogen) atoms. The van der Waals surface area contributed by atoms with Crippen molar-refractivity contribution in [3.05, 3.63) is 59.7 Å². The summed E-state index contributed by atoms with van der Waals surface area (Å²) in [4.78, 5) is 23.9. The van der Waals surface area contributed by atoms with Crippen LogP contribution in [0.25, 0.3) is 0 Å². The second-order valence-electron chi connectivity index (χ2n) is 5.63. The van der Waals surface area contributed by atoms with Crippen molar-refractivity contribution in [3.8, 4) is 11.5 Å². The second-order valence-corrected chi connectivity index (χ2v) is 5.63. The van der Waals surface area contributed by atoms with Gasteiger partial charge in [-0.1, -0.05) is 38.3 Å². The summed E-state index contributed by atoms with van der Waals surface area (Å²) in [6.45, 7) is 2.53. The van der Waals surface area contributed by atoms with Crippen molar-refractivity contribution in [1.82, 2.24) is 0 Å². The van der Waals surface area contributed by atoms with E-state index in [-0.39, 0.29) is 17.1 Å². The number of phenols is 1. The lowest BCUT2D eigenvalue weighted by molar-refractivity contribution is 0.0497. The molecule has 132 valence electrons. The molecule has 2 aromatic rings. The minimum absolute atomic E-state index is 0.0815. The van der Waals surface area contributed by atoms with E-state index in [0.29, 0.717) is 12.2 Å². The zero-order chi connectivity index (χ0) is 18.1. The Kier molecular flexibility index (Phi) is 7.01. The van der Waals surface area contributed by atoms with E-state index < -0.39 is 11.9 Å². The van der Waals surface area contributed by atoms with E-state index >= 15 is 0 Å². The molecule has 0 unspecified atom stereocenters. The topological polar surface area (TPSA) is 72.8 Å². The number of phenolic OH excluding ortho intramolecular Hbond substituents is 1. The average molecular weight is 342 g/mol. The van der Waals surface area contributed by atoms with Gasteiger partial charge in [0.25, 0.3) is 0 Å². The number of benzene rings is 2. The molecular weight excluding hydrogens is 320 g/mol. The van der Waals surface area contributed by atoms with Crippen molar-refractivity contribution in [1.29, 1.82) is 0 Å². The van der Waals surface area contributed by atoms with Gasteiger partial charge in [0.15, 0.2) is 0 Å². The number of ether oxygens (including phenoxy) is 2. The molecule has 0 saturated carbocycles. The van der Waals surface area contributed by atoms with Crippen LogP contribution in [0.4, 0.5) is 0 Å². The van der Waals surface area contributed by atoms with Crippen molar-refractivity contribution < 1.29 is 24.2 Å². The Morgan fingerprint density at radius 1 is 0.920 bits per heavy atom. The molecule has 0 aliphatic carbocycles. The predicted molar refractivity (Wildman–Crippen MR) is 93.9 cm³/mol. The summed E-state index contributed by atoms with van der Waals surface area (Å²) in [5.41, 5.74) is 0.482. The van der Waals surface area contributed by atoms with Gasteiger partial charge in [0.05, 0.1) is 12.2 Å². The van der Waals surface area contributed by atoms with Crippen molar-refractivity contribution in [2.24, 2.45) is 0 Å². The molecule has 0 aliphatic heterocycles. The molecule has 5 nitrogen and oxygen atoms in total. The van der Waals surface area contributed by atoms with Crippen LogP contribution in [0.5, 0.6) is 11.5 Å². The first-order valence-electron chi connectivity index (χ1n) is 8.39. The molecule has 0 heterocycles. The number of esters is 2. The lowest BCUT2D eigenvalue weighted by Crippen LogP contribution is -2.09. The largest absolute Gasteiger partial charge is 0.507 e. The van der Waals surface area contributed by atoms with Crippen molar-refractivity contribution in [3.63, 3.8) is 0 Å². The van der Waals surface area contributed by atoms with E-state index in [4.69, 9.17) is 9.47 Å². The third kappa shape index (κ3) is 5.64. The molecule has 0 saturated heterocycles. The van der Waals surface area contributed by atoms with Gasteiger partial charge in [-0.25, -0.2) is 9.59 Å². The minimum Gasteiger partial charge on any atom is -0.507 e. The van der Waals surface area contributed by atoms with Gasteiger partial charge in [0, 0.05) is 0 Å². The fraction of sp³-hybridized carbons (Fsp3) is 0.300. The monoisotopic (exact) mass is 342 g/mol. The SMILES string of the molecule is CCCCCCOC(=O)c1ccc(OC(=O)c2ccccc2O)cc1. The zero-order valence-electron chi connectivity index (χ0n) is 14.2. The average Bonchev–Trinajstić information content (AvgIpc) is 2.62. The van der Waals surface area contributed by atoms with Gasteiger partial charge in [0.2, 0.25) is 0 Å². The number of rotatable bonds is 8. The highest BCUT2D eigenvalue weighted by molar-refractivity contribution is 5.94. The highest BCUT2D eigenvalue weighted by Crippen LogP contribution is 2.20. The first-order valence-corrected chi connectivity index (χ1v) is 8.39. The van der Waals surface area contributed by atoms with Crippen LogP contribution in [-0.4, -0.2) is 23.7 Å². The summed E-state index contributed by atoms with van der Waals surface area (Å²) >= 11 is 0. The fourth-order valence-corrected chi connectivity index (χ4v) is 2.24. The fourth-order valence-electron chi connectivity index (χ4n) is 2.24. The number of aromatic hydroxyl groups is 1. The Hall–Kier alpha value is -2.82. The lowest BCUT2D eigenvalue weighted by Gasteiger charge is -2.07. The predicted octanol–water partition coefficient (Wildman–Crippen LogP) is 4.35. The zero-order valence-corrected chi connectivity index (χ0v) is 14.2. The van der Waals surface area contributed by atoms with Gasteiger partial charge in [-0.2, -0.15) is 0 Å². The number of carbonyl (C=O) groups is 2. The van der Waals surface area contributed by atoms with E-state index in [1.54, 1.807) is 24.3 Å². The van der Waals surface area contributed by atoms with E-state index in [2.05, 4.69) is 6.92 Å². The van der Waals surface area contributed by atoms with Crippen LogP contribution in [0.2, 0.25) is 0 Å². The molecule has 1 N–H and O–H groups in total. The standard InChI is InChI=1S/C20H22O5/c1-2-3-4-7-14-24-19(22)15-10-12-16(13-11-15)25-20(23)17-8-5-6-9-18(17)21/h5-6,8-13,21H,2-4,7,14H2,1H3. The quantitative estimate of drug-likeness (QED) is 0.439. The number of carbonyl (C=O) groups excluding carboxylic acids is 2. The highest BCUT2D eigenvalue weighted by atomic mass is 16.5. The molecule has 2 rings (SSSR count). The van der Waals surface area contributed by atoms with Gasteiger partial charge in [0.1, 0.15) is 17.1 Å². The van der Waals surface area contributed by atoms with Gasteiger partial charge in [-0.3, -0.25) is 0 Å². The Labute approximate surface area is 147 Å². The van der Waals surface area contributed by atoms with Crippen LogP contribution in [0.1, 0.15) is 53.3 Å². The molecule has 0 amide bonds. The molecule has 0 spiro atoms. The maximum Gasteiger partial charge on any atom is 0.347 e. The third-order valence-electron chi connectivity index (χ3n) is 3.66. The minimum atomic E-state index is -0.663. The maximum atomic E-state index is 12.0. The molecule has 5 heteroatoms. The van der Waals surface area contributed by atoms with Crippen LogP contribution in [0.3, 0.4) is 0 Å². The molecule has 0 fully saturated rings. The lowest BCUT2D eigenvalue weighted by atomic mass is 10.2. The van der Waals surface area contributed by atoms with Gasteiger partial charge in [-0.05, 0) is 42.8 Å². The molecule has 2 aromatic carbocycles. The molecule has 0 bridgehead atoms. The van der Waals surface area contributed by atoms with Crippen LogP contribution in [0, 0.1) is 0 Å². The van der Waals surface area contributed by atoms with Crippen molar-refractivity contribution in [2.75, 3.05) is 6.61 Å². The maximum absolute atomic E-state index is 12.0. The summed E-state index contributed by atoms with van der Waals surface area (Å²) < 4.78 is 10.4. The van der Waals surface area contributed by atoms with E-state index in [0.717, 1.165) is 25.7 Å². The van der Waals surface area contributed by atoms with E-state index in [1.165, 1.54) is 24.3 Å². The first kappa shape index (κ1) is 18.5. The summed E-state index contributed by atoms with van der Waals surface area (Å²) in [7, 11) is 0. The van der Waals surface area contributed by atoms with Gasteiger partial charge in [-0.15, -0.1) is 0 Å². The van der Waals surface area contributed by atoms with Crippen LogP contribution < -0.4 is 4.74 Å². The Bertz CT molecular complexity index is 706. The Morgan fingerprint density at radius 3 is 2.32 bits per heavy atom.